The average Bonchev–Trinajstić information content (AvgIpc) is 3.40. The molecule has 0 N–H and O–H groups in total. The molecule has 0 amide bonds. The number of hydrogen-bond acceptors (Lipinski definition) is 6. The van der Waals surface area contributed by atoms with Crippen LogP contribution in [0.25, 0.3) is 26.1 Å². The summed E-state index contributed by atoms with van der Waals surface area (Å²) in [7, 11) is 0. The molecule has 1 aliphatic rings. The maximum atomic E-state index is 5.12. The van der Waals surface area contributed by atoms with Crippen LogP contribution in [0.2, 0.25) is 0 Å². The summed E-state index contributed by atoms with van der Waals surface area (Å²) < 4.78 is 4.22. The quantitative estimate of drug-likeness (QED) is 0.238. The fourth-order valence-corrected chi connectivity index (χ4v) is 6.92. The van der Waals surface area contributed by atoms with E-state index in [1.54, 1.807) is 23.1 Å². The van der Waals surface area contributed by atoms with Gasteiger partial charge < -0.3 is 0 Å². The van der Waals surface area contributed by atoms with E-state index in [0.29, 0.717) is 0 Å². The minimum Gasteiger partial charge on any atom is -0.259 e. The first-order chi connectivity index (χ1) is 15.7. The van der Waals surface area contributed by atoms with Crippen LogP contribution in [0, 0.1) is 0 Å². The third kappa shape index (κ3) is 3.43. The second-order valence-corrected chi connectivity index (χ2v) is 11.1. The number of pyridine rings is 1. The van der Waals surface area contributed by atoms with E-state index >= 15 is 0 Å². The summed E-state index contributed by atoms with van der Waals surface area (Å²) in [5.74, 6) is 0.841. The molecule has 8 heteroatoms. The summed E-state index contributed by atoms with van der Waals surface area (Å²) in [4.78, 5) is 11.1. The molecule has 1 aliphatic carbocycles. The van der Waals surface area contributed by atoms with Crippen LogP contribution in [0.3, 0.4) is 0 Å². The maximum Gasteiger partial charge on any atom is 0.197 e. The molecule has 6 rings (SSSR count). The molecule has 0 atom stereocenters. The number of hydrogen-bond donors (Lipinski definition) is 0. The van der Waals surface area contributed by atoms with Gasteiger partial charge in [-0.05, 0) is 60.9 Å². The minimum atomic E-state index is 0.841. The summed E-state index contributed by atoms with van der Waals surface area (Å²) in [5, 5.41) is 11.2. The van der Waals surface area contributed by atoms with Crippen LogP contribution in [0.1, 0.15) is 48.6 Å². The first-order valence-corrected chi connectivity index (χ1v) is 13.7. The first-order valence-electron chi connectivity index (χ1n) is 11.1. The monoisotopic (exact) mass is 523 g/mol. The van der Waals surface area contributed by atoms with Crippen molar-refractivity contribution >= 4 is 65.1 Å². The molecule has 5 aromatic rings. The van der Waals surface area contributed by atoms with Gasteiger partial charge in [0.05, 0.1) is 5.52 Å². The Morgan fingerprint density at radius 1 is 1.09 bits per heavy atom. The summed E-state index contributed by atoms with van der Waals surface area (Å²) in [5.41, 5.74) is 7.45. The fourth-order valence-electron chi connectivity index (χ4n) is 4.65. The summed E-state index contributed by atoms with van der Waals surface area (Å²) in [6.45, 7) is 2.24. The molecule has 0 saturated carbocycles. The third-order valence-corrected chi connectivity index (χ3v) is 8.77. The van der Waals surface area contributed by atoms with Gasteiger partial charge in [-0.15, -0.1) is 21.5 Å². The van der Waals surface area contributed by atoms with Crippen molar-refractivity contribution in [2.75, 3.05) is 0 Å². The lowest BCUT2D eigenvalue weighted by Gasteiger charge is -2.19. The Kier molecular flexibility index (Phi) is 5.39. The number of benzene rings is 1. The van der Waals surface area contributed by atoms with Gasteiger partial charge in [0.1, 0.15) is 15.9 Å². The zero-order valence-corrected chi connectivity index (χ0v) is 21.0. The predicted molar refractivity (Wildman–Crippen MR) is 136 cm³/mol. The van der Waals surface area contributed by atoms with Crippen molar-refractivity contribution in [3.63, 3.8) is 0 Å². The highest BCUT2D eigenvalue weighted by Gasteiger charge is 2.23. The number of thiophene rings is 1. The normalized spacial score (nSPS) is 13.9. The molecule has 0 aliphatic heterocycles. The number of halogens is 1. The van der Waals surface area contributed by atoms with Gasteiger partial charge in [-0.3, -0.25) is 4.40 Å². The van der Waals surface area contributed by atoms with E-state index in [1.807, 2.05) is 10.7 Å². The molecule has 0 unspecified atom stereocenters. The number of fused-ring (bicyclic) bond motifs is 7. The number of thioether (sulfide) groups is 1. The molecule has 32 heavy (non-hydrogen) atoms. The van der Waals surface area contributed by atoms with Crippen LogP contribution in [-0.4, -0.2) is 24.6 Å². The zero-order valence-electron chi connectivity index (χ0n) is 17.8. The topological polar surface area (TPSA) is 56.0 Å². The van der Waals surface area contributed by atoms with Crippen molar-refractivity contribution in [2.24, 2.45) is 0 Å². The van der Waals surface area contributed by atoms with Crippen molar-refractivity contribution in [3.05, 3.63) is 57.4 Å². The van der Waals surface area contributed by atoms with Gasteiger partial charge in [0, 0.05) is 21.3 Å². The summed E-state index contributed by atoms with van der Waals surface area (Å²) >= 11 is 6.90. The smallest absolute Gasteiger partial charge is 0.197 e. The summed E-state index contributed by atoms with van der Waals surface area (Å²) in [6.07, 6.45) is 8.86. The molecule has 0 radical (unpaired) electrons. The van der Waals surface area contributed by atoms with E-state index in [9.17, 15) is 0 Å². The second-order valence-electron chi connectivity index (χ2n) is 8.27. The van der Waals surface area contributed by atoms with Gasteiger partial charge in [0.25, 0.3) is 0 Å². The molecule has 4 aromatic heterocycles. The zero-order chi connectivity index (χ0) is 21.7. The molecule has 1 aromatic carbocycles. The Morgan fingerprint density at radius 2 is 1.91 bits per heavy atom. The molecular formula is C24H22BrN5S2. The highest BCUT2D eigenvalue weighted by molar-refractivity contribution is 9.10. The van der Waals surface area contributed by atoms with Gasteiger partial charge in [-0.2, -0.15) is 0 Å². The second kappa shape index (κ2) is 8.39. The van der Waals surface area contributed by atoms with Crippen molar-refractivity contribution in [3.8, 4) is 0 Å². The third-order valence-electron chi connectivity index (χ3n) is 6.16. The lowest BCUT2D eigenvalue weighted by molar-refractivity contribution is 0.675. The summed E-state index contributed by atoms with van der Waals surface area (Å²) in [6, 6.07) is 8.40. The molecule has 4 heterocycles. The molecule has 0 bridgehead atoms. The number of rotatable bonds is 5. The highest BCUT2D eigenvalue weighted by Crippen LogP contribution is 2.40. The molecule has 0 fully saturated rings. The van der Waals surface area contributed by atoms with Gasteiger partial charge in [-0.1, -0.05) is 53.2 Å². The lowest BCUT2D eigenvalue weighted by atomic mass is 9.88. The number of nitrogens with zero attached hydrogens (tertiary/aromatic N) is 5. The lowest BCUT2D eigenvalue weighted by Crippen LogP contribution is -2.09. The standard InChI is InChI=1S/C24H22BrN5S2/c1-2-5-18-16-6-3-4-7-17(16)19-20-21(32-23(19)27-18)22-28-29-24(30(22)13-26-20)31-12-14-8-10-15(25)11-9-14/h8-11,13H,2-7,12H2,1H3. The fraction of sp³-hybridized carbons (Fsp3) is 0.333. The Bertz CT molecular complexity index is 1460. The highest BCUT2D eigenvalue weighted by atomic mass is 79.9. The van der Waals surface area contributed by atoms with Crippen molar-refractivity contribution < 1.29 is 0 Å². The van der Waals surface area contributed by atoms with Gasteiger partial charge >= 0.3 is 0 Å². The van der Waals surface area contributed by atoms with Gasteiger partial charge in [0.15, 0.2) is 10.8 Å². The minimum absolute atomic E-state index is 0.841. The molecule has 162 valence electrons. The van der Waals surface area contributed by atoms with Crippen molar-refractivity contribution in [1.82, 2.24) is 24.6 Å². The largest absolute Gasteiger partial charge is 0.259 e. The molecular weight excluding hydrogens is 502 g/mol. The Hall–Kier alpha value is -2.03. The van der Waals surface area contributed by atoms with E-state index in [-0.39, 0.29) is 0 Å². The van der Waals surface area contributed by atoms with Crippen LogP contribution in [0.15, 0.2) is 40.2 Å². The van der Waals surface area contributed by atoms with Crippen LogP contribution in [0.4, 0.5) is 0 Å². The SMILES string of the molecule is CCCc1nc2sc3c(ncn4c(SCc5ccc(Br)cc5)nnc34)c2c2c1CCCC2. The van der Waals surface area contributed by atoms with E-state index in [4.69, 9.17) is 9.97 Å². The van der Waals surface area contributed by atoms with Crippen LogP contribution in [-0.2, 0) is 25.0 Å². The van der Waals surface area contributed by atoms with E-state index in [1.165, 1.54) is 40.6 Å². The van der Waals surface area contributed by atoms with Gasteiger partial charge in [0.2, 0.25) is 0 Å². The molecule has 0 spiro atoms. The number of aryl methyl sites for hydroxylation is 2. The van der Waals surface area contributed by atoms with E-state index in [0.717, 1.165) is 61.8 Å². The molecule has 5 nitrogen and oxygen atoms in total. The van der Waals surface area contributed by atoms with E-state index < -0.39 is 0 Å². The average molecular weight is 525 g/mol. The van der Waals surface area contributed by atoms with E-state index in [2.05, 4.69) is 57.3 Å². The Balaban J connectivity index is 1.46. The van der Waals surface area contributed by atoms with Crippen LogP contribution < -0.4 is 0 Å². The Labute approximate surface area is 202 Å². The Morgan fingerprint density at radius 3 is 2.72 bits per heavy atom. The van der Waals surface area contributed by atoms with Crippen molar-refractivity contribution in [1.29, 1.82) is 0 Å². The predicted octanol–water partition coefficient (Wildman–Crippen LogP) is 6.77. The van der Waals surface area contributed by atoms with Crippen LogP contribution >= 0.6 is 39.0 Å². The number of aromatic nitrogens is 5. The molecule has 0 saturated heterocycles. The van der Waals surface area contributed by atoms with Crippen LogP contribution in [0.5, 0.6) is 0 Å². The maximum absolute atomic E-state index is 5.12. The van der Waals surface area contributed by atoms with Crippen molar-refractivity contribution in [2.45, 2.75) is 56.4 Å². The first kappa shape index (κ1) is 20.6. The van der Waals surface area contributed by atoms with Gasteiger partial charge in [-0.25, -0.2) is 9.97 Å².